The molecule has 0 spiro atoms. The van der Waals surface area contributed by atoms with Crippen molar-refractivity contribution < 1.29 is 27.8 Å². The fraction of sp³-hybridized carbons (Fsp3) is 0.333. The first-order valence-electron chi connectivity index (χ1n) is 9.55. The van der Waals surface area contributed by atoms with Crippen LogP contribution in [-0.2, 0) is 17.5 Å². The van der Waals surface area contributed by atoms with Crippen molar-refractivity contribution in [1.29, 1.82) is 0 Å². The average Bonchev–Trinajstić information content (AvgIpc) is 3.11. The second-order valence-electron chi connectivity index (χ2n) is 7.05. The van der Waals surface area contributed by atoms with Gasteiger partial charge in [0, 0.05) is 36.2 Å². The van der Waals surface area contributed by atoms with Gasteiger partial charge in [0.05, 0.1) is 24.3 Å². The highest BCUT2D eigenvalue weighted by Gasteiger charge is 2.38. The lowest BCUT2D eigenvalue weighted by Gasteiger charge is -2.29. The van der Waals surface area contributed by atoms with Crippen molar-refractivity contribution in [1.82, 2.24) is 9.55 Å². The van der Waals surface area contributed by atoms with E-state index in [4.69, 9.17) is 27.9 Å². The molecule has 1 saturated heterocycles. The molecule has 0 bridgehead atoms. The Balaban J connectivity index is 2.20. The zero-order chi connectivity index (χ0) is 23.5. The average molecular weight is 490 g/mol. The highest BCUT2D eigenvalue weighted by molar-refractivity contribution is 6.30. The summed E-state index contributed by atoms with van der Waals surface area (Å²) in [5.41, 5.74) is 0.450. The molecule has 3 rings (SSSR count). The minimum atomic E-state index is -4.80. The maximum absolute atomic E-state index is 13.8. The quantitative estimate of drug-likeness (QED) is 0.434. The molecule has 172 valence electrons. The van der Waals surface area contributed by atoms with E-state index in [2.05, 4.69) is 11.6 Å². The first-order valence-corrected chi connectivity index (χ1v) is 10.5. The molecule has 0 amide bonds. The number of carboxylic acid groups (broad SMARTS) is 1. The third-order valence-electron chi connectivity index (χ3n) is 4.84. The van der Waals surface area contributed by atoms with Crippen molar-refractivity contribution in [3.8, 4) is 0 Å². The van der Waals surface area contributed by atoms with Crippen LogP contribution in [0.5, 0.6) is 0 Å². The number of fused-ring (bicyclic) bond motifs is 1. The van der Waals surface area contributed by atoms with Gasteiger partial charge in [0.1, 0.15) is 5.52 Å². The highest BCUT2D eigenvalue weighted by atomic mass is 35.5. The van der Waals surface area contributed by atoms with E-state index in [1.807, 2.05) is 4.90 Å². The molecule has 0 unspecified atom stereocenters. The molecule has 2 heterocycles. The van der Waals surface area contributed by atoms with E-state index in [9.17, 15) is 23.1 Å². The van der Waals surface area contributed by atoms with Gasteiger partial charge < -0.3 is 19.3 Å². The normalized spacial score (nSPS) is 15.7. The topological polar surface area (TPSA) is 67.6 Å². The molecule has 1 aliphatic rings. The Morgan fingerprint density at radius 1 is 1.31 bits per heavy atom. The smallest absolute Gasteiger partial charge is 0.449 e. The maximum atomic E-state index is 13.8. The molecule has 0 aliphatic carbocycles. The summed E-state index contributed by atoms with van der Waals surface area (Å²) in [5.74, 6) is -2.61. The number of carboxylic acids is 1. The van der Waals surface area contributed by atoms with Gasteiger partial charge >= 0.3 is 12.1 Å². The molecular weight excluding hydrogens is 470 g/mol. The van der Waals surface area contributed by atoms with E-state index >= 15 is 0 Å². The van der Waals surface area contributed by atoms with Gasteiger partial charge in [-0.3, -0.25) is 0 Å². The summed E-state index contributed by atoms with van der Waals surface area (Å²) in [4.78, 5) is 17.4. The zero-order valence-electron chi connectivity index (χ0n) is 16.8. The largest absolute Gasteiger partial charge is 0.478 e. The number of halogens is 5. The van der Waals surface area contributed by atoms with Gasteiger partial charge in [-0.2, -0.15) is 13.2 Å². The highest BCUT2D eigenvalue weighted by Crippen LogP contribution is 2.35. The van der Waals surface area contributed by atoms with E-state index in [1.54, 1.807) is 0 Å². The molecule has 1 aromatic heterocycles. The third-order valence-corrected chi connectivity index (χ3v) is 5.31. The maximum Gasteiger partial charge on any atom is 0.449 e. The predicted molar refractivity (Wildman–Crippen MR) is 118 cm³/mol. The van der Waals surface area contributed by atoms with Gasteiger partial charge in [0.2, 0.25) is 5.82 Å². The van der Waals surface area contributed by atoms with Crippen LogP contribution in [0.25, 0.3) is 11.0 Å². The number of benzene rings is 1. The number of imidazole rings is 1. The summed E-state index contributed by atoms with van der Waals surface area (Å²) < 4.78 is 47.8. The Morgan fingerprint density at radius 2 is 2.00 bits per heavy atom. The van der Waals surface area contributed by atoms with Crippen molar-refractivity contribution in [2.75, 3.05) is 37.1 Å². The van der Waals surface area contributed by atoms with Crippen LogP contribution >= 0.6 is 23.2 Å². The fourth-order valence-electron chi connectivity index (χ4n) is 3.38. The first kappa shape index (κ1) is 24.2. The SMILES string of the molecule is C=C(Cl)/C=C\C=C(/CCl)Cn1c(C(F)(F)F)nc2c(C(=O)O)cc(N3CCOCC3)cc21. The number of carbonyl (C=O) groups is 1. The van der Waals surface area contributed by atoms with E-state index in [0.717, 1.165) is 4.57 Å². The van der Waals surface area contributed by atoms with Crippen LogP contribution in [0.2, 0.25) is 0 Å². The number of hydrogen-bond donors (Lipinski definition) is 1. The summed E-state index contributed by atoms with van der Waals surface area (Å²) in [6, 6.07) is 2.87. The van der Waals surface area contributed by atoms with Gasteiger partial charge in [0.25, 0.3) is 0 Å². The Bertz CT molecular complexity index is 1090. The molecule has 32 heavy (non-hydrogen) atoms. The van der Waals surface area contributed by atoms with E-state index in [1.165, 1.54) is 30.4 Å². The lowest BCUT2D eigenvalue weighted by molar-refractivity contribution is -0.146. The summed E-state index contributed by atoms with van der Waals surface area (Å²) in [6.45, 7) is 5.12. The number of anilines is 1. The van der Waals surface area contributed by atoms with Gasteiger partial charge in [0.15, 0.2) is 0 Å². The van der Waals surface area contributed by atoms with E-state index in [-0.39, 0.29) is 34.1 Å². The molecule has 1 fully saturated rings. The van der Waals surface area contributed by atoms with Crippen molar-refractivity contribution in [3.63, 3.8) is 0 Å². The summed E-state index contributed by atoms with van der Waals surface area (Å²) in [7, 11) is 0. The Labute approximate surface area is 192 Å². The minimum absolute atomic E-state index is 0.0506. The molecule has 11 heteroatoms. The van der Waals surface area contributed by atoms with Crippen LogP contribution < -0.4 is 4.90 Å². The molecule has 1 aromatic carbocycles. The molecule has 6 nitrogen and oxygen atoms in total. The van der Waals surface area contributed by atoms with Gasteiger partial charge in [-0.1, -0.05) is 30.3 Å². The molecular formula is C21H20Cl2F3N3O3. The number of rotatable bonds is 7. The molecule has 1 N–H and O–H groups in total. The van der Waals surface area contributed by atoms with Crippen LogP contribution in [0.4, 0.5) is 18.9 Å². The molecule has 0 atom stereocenters. The molecule has 0 saturated carbocycles. The van der Waals surface area contributed by atoms with Gasteiger partial charge in [-0.05, 0) is 23.8 Å². The lowest BCUT2D eigenvalue weighted by atomic mass is 10.1. The number of aromatic carboxylic acids is 1. The van der Waals surface area contributed by atoms with Crippen LogP contribution in [0.3, 0.4) is 0 Å². The van der Waals surface area contributed by atoms with Gasteiger partial charge in [-0.15, -0.1) is 11.6 Å². The third kappa shape index (κ3) is 5.46. The monoisotopic (exact) mass is 489 g/mol. The second-order valence-corrected chi connectivity index (χ2v) is 7.80. The second kappa shape index (κ2) is 9.97. The van der Waals surface area contributed by atoms with Crippen molar-refractivity contribution >= 4 is 45.9 Å². The van der Waals surface area contributed by atoms with Crippen LogP contribution in [0.1, 0.15) is 16.2 Å². The Kier molecular flexibility index (Phi) is 7.53. The van der Waals surface area contributed by atoms with E-state index < -0.39 is 18.0 Å². The number of alkyl halides is 4. The molecule has 0 radical (unpaired) electrons. The Morgan fingerprint density at radius 3 is 2.56 bits per heavy atom. The predicted octanol–water partition coefficient (Wildman–Crippen LogP) is 5.06. The van der Waals surface area contributed by atoms with Gasteiger partial charge in [-0.25, -0.2) is 9.78 Å². The van der Waals surface area contributed by atoms with E-state index in [0.29, 0.717) is 37.6 Å². The molecule has 2 aromatic rings. The standard InChI is InChI=1S/C21H20Cl2F3N3O3/c1-13(23)3-2-4-14(11-22)12-29-17-10-15(28-5-7-32-8-6-28)9-16(19(30)31)18(17)27-20(29)21(24,25)26/h2-4,9-10H,1,5-8,11-12H2,(H,30,31)/b3-2-,14-4+. The number of morpholine rings is 1. The Hall–Kier alpha value is -2.49. The number of allylic oxidation sites excluding steroid dienone is 5. The summed E-state index contributed by atoms with van der Waals surface area (Å²) in [6.07, 6.45) is -0.257. The fourth-order valence-corrected chi connectivity index (χ4v) is 3.63. The van der Waals surface area contributed by atoms with Crippen LogP contribution in [-0.4, -0.2) is 52.8 Å². The zero-order valence-corrected chi connectivity index (χ0v) is 18.3. The van der Waals surface area contributed by atoms with Crippen LogP contribution in [0, 0.1) is 0 Å². The minimum Gasteiger partial charge on any atom is -0.478 e. The first-order chi connectivity index (χ1) is 15.1. The summed E-state index contributed by atoms with van der Waals surface area (Å²) >= 11 is 11.6. The number of nitrogens with zero attached hydrogens (tertiary/aromatic N) is 3. The number of aromatic nitrogens is 2. The van der Waals surface area contributed by atoms with Crippen molar-refractivity contribution in [3.05, 3.63) is 58.9 Å². The number of hydrogen-bond acceptors (Lipinski definition) is 4. The summed E-state index contributed by atoms with van der Waals surface area (Å²) in [5, 5.41) is 9.92. The van der Waals surface area contributed by atoms with Crippen molar-refractivity contribution in [2.24, 2.45) is 0 Å². The molecule has 1 aliphatic heterocycles. The number of ether oxygens (including phenoxy) is 1. The van der Waals surface area contributed by atoms with Crippen LogP contribution in [0.15, 0.2) is 47.5 Å². The van der Waals surface area contributed by atoms with Crippen molar-refractivity contribution in [2.45, 2.75) is 12.7 Å². The lowest BCUT2D eigenvalue weighted by Crippen LogP contribution is -2.36.